The molecule has 2 heterocycles. The van der Waals surface area contributed by atoms with Crippen LogP contribution in [-0.2, 0) is 16.0 Å². The fourth-order valence-electron chi connectivity index (χ4n) is 4.34. The highest BCUT2D eigenvalue weighted by Gasteiger charge is 2.60. The summed E-state index contributed by atoms with van der Waals surface area (Å²) in [5.41, 5.74) is 1.81. The lowest BCUT2D eigenvalue weighted by atomic mass is 9.57. The molecule has 0 aromatic carbocycles. The van der Waals surface area contributed by atoms with Crippen LogP contribution in [0.1, 0.15) is 36.3 Å². The molecule has 5 nitrogen and oxygen atoms in total. The molecule has 2 aliphatic rings. The summed E-state index contributed by atoms with van der Waals surface area (Å²) >= 11 is 0. The molecular formula is C16H24N2O3. The molecule has 3 atom stereocenters. The van der Waals surface area contributed by atoms with Crippen molar-refractivity contribution in [2.24, 2.45) is 11.3 Å². The first kappa shape index (κ1) is 14.6. The van der Waals surface area contributed by atoms with Gasteiger partial charge in [-0.1, -0.05) is 13.8 Å². The lowest BCUT2D eigenvalue weighted by Gasteiger charge is -2.58. The Labute approximate surface area is 125 Å². The number of H-pyrrole nitrogens is 1. The molecule has 116 valence electrons. The molecule has 3 rings (SSSR count). The average Bonchev–Trinajstić information content (AvgIpc) is 3.05. The molecule has 1 aliphatic carbocycles. The maximum Gasteiger partial charge on any atom is 0.354 e. The van der Waals surface area contributed by atoms with E-state index in [4.69, 9.17) is 9.47 Å². The number of nitrogens with zero attached hydrogens (tertiary/aromatic N) is 1. The standard InChI is InChI=1S/C16H24N2O3/c1-16(2)13(11-5-6-21-14(11)16)18(3)9-10-7-12(17-8-10)15(19)20-4/h7-8,11,13-14,17H,5-6,9H2,1-4H3. The van der Waals surface area contributed by atoms with Gasteiger partial charge in [0.05, 0.1) is 13.2 Å². The monoisotopic (exact) mass is 292 g/mol. The number of esters is 1. The summed E-state index contributed by atoms with van der Waals surface area (Å²) < 4.78 is 10.6. The van der Waals surface area contributed by atoms with E-state index in [1.54, 1.807) is 0 Å². The zero-order chi connectivity index (χ0) is 15.2. The van der Waals surface area contributed by atoms with E-state index in [2.05, 4.69) is 30.8 Å². The molecule has 1 saturated heterocycles. The quantitative estimate of drug-likeness (QED) is 0.863. The molecule has 1 aromatic rings. The Balaban J connectivity index is 1.68. The van der Waals surface area contributed by atoms with Gasteiger partial charge >= 0.3 is 5.97 Å². The maximum absolute atomic E-state index is 11.5. The normalized spacial score (nSPS) is 30.0. The number of rotatable bonds is 4. The van der Waals surface area contributed by atoms with Crippen molar-refractivity contribution in [1.82, 2.24) is 9.88 Å². The summed E-state index contributed by atoms with van der Waals surface area (Å²) in [6.07, 6.45) is 3.45. The van der Waals surface area contributed by atoms with Gasteiger partial charge in [0, 0.05) is 36.7 Å². The number of methoxy groups -OCH3 is 1. The number of aromatic nitrogens is 1. The van der Waals surface area contributed by atoms with E-state index in [9.17, 15) is 4.79 Å². The van der Waals surface area contributed by atoms with Crippen LogP contribution in [0, 0.1) is 11.3 Å². The van der Waals surface area contributed by atoms with Gasteiger partial charge in [-0.2, -0.15) is 0 Å². The van der Waals surface area contributed by atoms with Gasteiger partial charge in [0.1, 0.15) is 5.69 Å². The van der Waals surface area contributed by atoms with Crippen molar-refractivity contribution in [3.8, 4) is 0 Å². The molecule has 5 heteroatoms. The number of ether oxygens (including phenoxy) is 2. The summed E-state index contributed by atoms with van der Waals surface area (Å²) in [5.74, 6) is 0.321. The van der Waals surface area contributed by atoms with Gasteiger partial charge in [0.15, 0.2) is 0 Å². The lowest BCUT2D eigenvalue weighted by Crippen LogP contribution is -2.65. The third-order valence-electron chi connectivity index (χ3n) is 5.09. The van der Waals surface area contributed by atoms with E-state index in [0.717, 1.165) is 25.1 Å². The van der Waals surface area contributed by atoms with Gasteiger partial charge in [-0.25, -0.2) is 4.79 Å². The number of nitrogens with one attached hydrogen (secondary N) is 1. The predicted molar refractivity (Wildman–Crippen MR) is 79.0 cm³/mol. The number of aromatic amines is 1. The zero-order valence-electron chi connectivity index (χ0n) is 13.2. The molecule has 0 radical (unpaired) electrons. The molecule has 21 heavy (non-hydrogen) atoms. The van der Waals surface area contributed by atoms with Gasteiger partial charge in [0.2, 0.25) is 0 Å². The van der Waals surface area contributed by atoms with Crippen molar-refractivity contribution in [3.63, 3.8) is 0 Å². The average molecular weight is 292 g/mol. The van der Waals surface area contributed by atoms with E-state index in [1.807, 2.05) is 12.3 Å². The van der Waals surface area contributed by atoms with E-state index in [-0.39, 0.29) is 11.4 Å². The minimum Gasteiger partial charge on any atom is -0.464 e. The number of carbonyl (C=O) groups excluding carboxylic acids is 1. The van der Waals surface area contributed by atoms with Crippen molar-refractivity contribution in [1.29, 1.82) is 0 Å². The van der Waals surface area contributed by atoms with Crippen LogP contribution in [0.3, 0.4) is 0 Å². The summed E-state index contributed by atoms with van der Waals surface area (Å²) in [7, 11) is 3.55. The van der Waals surface area contributed by atoms with Crippen molar-refractivity contribution in [3.05, 3.63) is 23.5 Å². The summed E-state index contributed by atoms with van der Waals surface area (Å²) in [5, 5.41) is 0. The van der Waals surface area contributed by atoms with E-state index in [0.29, 0.717) is 23.8 Å². The number of hydrogen-bond acceptors (Lipinski definition) is 4. The number of carbonyl (C=O) groups is 1. The summed E-state index contributed by atoms with van der Waals surface area (Å²) in [6.45, 7) is 6.29. The highest BCUT2D eigenvalue weighted by Crippen LogP contribution is 2.54. The van der Waals surface area contributed by atoms with Crippen molar-refractivity contribution in [2.75, 3.05) is 20.8 Å². The Bertz CT molecular complexity index is 537. The lowest BCUT2D eigenvalue weighted by molar-refractivity contribution is -0.151. The van der Waals surface area contributed by atoms with E-state index in [1.165, 1.54) is 7.11 Å². The molecule has 0 bridgehead atoms. The molecule has 3 unspecified atom stereocenters. The largest absolute Gasteiger partial charge is 0.464 e. The van der Waals surface area contributed by atoms with Crippen LogP contribution in [0.5, 0.6) is 0 Å². The molecule has 1 N–H and O–H groups in total. The van der Waals surface area contributed by atoms with Crippen LogP contribution in [0.15, 0.2) is 12.3 Å². The molecule has 1 aromatic heterocycles. The smallest absolute Gasteiger partial charge is 0.354 e. The molecule has 0 spiro atoms. The van der Waals surface area contributed by atoms with Crippen molar-refractivity contribution in [2.45, 2.75) is 39.0 Å². The zero-order valence-corrected chi connectivity index (χ0v) is 13.2. The highest BCUT2D eigenvalue weighted by molar-refractivity contribution is 5.87. The summed E-state index contributed by atoms with van der Waals surface area (Å²) in [6, 6.07) is 2.40. The Morgan fingerprint density at radius 1 is 1.57 bits per heavy atom. The molecule has 2 fully saturated rings. The van der Waals surface area contributed by atoms with Crippen molar-refractivity contribution >= 4 is 5.97 Å². The summed E-state index contributed by atoms with van der Waals surface area (Å²) in [4.78, 5) is 16.8. The predicted octanol–water partition coefficient (Wildman–Crippen LogP) is 2.05. The number of fused-ring (bicyclic) bond motifs is 1. The fourth-order valence-corrected chi connectivity index (χ4v) is 4.34. The fraction of sp³-hybridized carbons (Fsp3) is 0.688. The van der Waals surface area contributed by atoms with Crippen molar-refractivity contribution < 1.29 is 14.3 Å². The first-order valence-corrected chi connectivity index (χ1v) is 7.52. The van der Waals surface area contributed by atoms with Crippen LogP contribution in [0.2, 0.25) is 0 Å². The second-order valence-electron chi connectivity index (χ2n) is 6.84. The van der Waals surface area contributed by atoms with Crippen LogP contribution < -0.4 is 0 Å². The molecule has 1 aliphatic heterocycles. The molecule has 0 amide bonds. The number of hydrogen-bond donors (Lipinski definition) is 1. The van der Waals surface area contributed by atoms with E-state index < -0.39 is 0 Å². The third-order valence-corrected chi connectivity index (χ3v) is 5.09. The Kier molecular flexibility index (Phi) is 3.58. The Morgan fingerprint density at radius 2 is 2.33 bits per heavy atom. The SMILES string of the molecule is COC(=O)c1cc(CN(C)C2C3CCOC3C2(C)C)c[nH]1. The first-order chi connectivity index (χ1) is 9.95. The third kappa shape index (κ3) is 2.28. The molecular weight excluding hydrogens is 268 g/mol. The second-order valence-corrected chi connectivity index (χ2v) is 6.84. The Hall–Kier alpha value is -1.33. The van der Waals surface area contributed by atoms with Crippen LogP contribution in [0.25, 0.3) is 0 Å². The maximum atomic E-state index is 11.5. The second kappa shape index (κ2) is 5.14. The Morgan fingerprint density at radius 3 is 3.05 bits per heavy atom. The topological polar surface area (TPSA) is 54.6 Å². The van der Waals surface area contributed by atoms with Gasteiger partial charge < -0.3 is 14.5 Å². The molecule has 1 saturated carbocycles. The minimum absolute atomic E-state index is 0.192. The van der Waals surface area contributed by atoms with Crippen LogP contribution >= 0.6 is 0 Å². The van der Waals surface area contributed by atoms with E-state index >= 15 is 0 Å². The van der Waals surface area contributed by atoms with Gasteiger partial charge in [-0.15, -0.1) is 0 Å². The minimum atomic E-state index is -0.322. The van der Waals surface area contributed by atoms with Gasteiger partial charge in [-0.05, 0) is 25.1 Å². The van der Waals surface area contributed by atoms with Crippen LogP contribution in [-0.4, -0.2) is 48.8 Å². The van der Waals surface area contributed by atoms with Gasteiger partial charge in [-0.3, -0.25) is 4.90 Å². The first-order valence-electron chi connectivity index (χ1n) is 7.52. The van der Waals surface area contributed by atoms with Gasteiger partial charge in [0.25, 0.3) is 0 Å². The highest BCUT2D eigenvalue weighted by atomic mass is 16.5. The van der Waals surface area contributed by atoms with Crippen LogP contribution in [0.4, 0.5) is 0 Å².